The SMILES string of the molecule is CCCNC(=O)[C@H](C)NC(=O)c1ccc(-n2cccc2)cc1. The maximum absolute atomic E-state index is 12.1. The predicted octanol–water partition coefficient (Wildman–Crippen LogP) is 2.12. The molecule has 22 heavy (non-hydrogen) atoms. The maximum atomic E-state index is 12.1. The van der Waals surface area contributed by atoms with Gasteiger partial charge in [-0.25, -0.2) is 0 Å². The van der Waals surface area contributed by atoms with Gasteiger partial charge in [0.15, 0.2) is 0 Å². The van der Waals surface area contributed by atoms with Crippen molar-refractivity contribution in [2.24, 2.45) is 0 Å². The van der Waals surface area contributed by atoms with Crippen LogP contribution < -0.4 is 10.6 Å². The average Bonchev–Trinajstić information content (AvgIpc) is 3.07. The molecular formula is C17H21N3O2. The minimum atomic E-state index is -0.553. The molecule has 0 radical (unpaired) electrons. The summed E-state index contributed by atoms with van der Waals surface area (Å²) >= 11 is 0. The van der Waals surface area contributed by atoms with Crippen LogP contribution in [0.25, 0.3) is 5.69 Å². The van der Waals surface area contributed by atoms with Gasteiger partial charge < -0.3 is 15.2 Å². The second-order valence-corrected chi connectivity index (χ2v) is 5.12. The zero-order valence-corrected chi connectivity index (χ0v) is 12.9. The molecule has 5 nitrogen and oxygen atoms in total. The molecule has 0 spiro atoms. The summed E-state index contributed by atoms with van der Waals surface area (Å²) in [4.78, 5) is 23.9. The third-order valence-corrected chi connectivity index (χ3v) is 3.32. The second-order valence-electron chi connectivity index (χ2n) is 5.12. The molecule has 0 unspecified atom stereocenters. The van der Waals surface area contributed by atoms with Crippen LogP contribution >= 0.6 is 0 Å². The minimum absolute atomic E-state index is 0.167. The minimum Gasteiger partial charge on any atom is -0.354 e. The Bertz CT molecular complexity index is 618. The Balaban J connectivity index is 1.96. The zero-order chi connectivity index (χ0) is 15.9. The first-order chi connectivity index (χ1) is 10.6. The van der Waals surface area contributed by atoms with E-state index in [9.17, 15) is 9.59 Å². The van der Waals surface area contributed by atoms with Crippen molar-refractivity contribution in [2.45, 2.75) is 26.3 Å². The lowest BCUT2D eigenvalue weighted by Gasteiger charge is -2.14. The lowest BCUT2D eigenvalue weighted by atomic mass is 10.1. The van der Waals surface area contributed by atoms with E-state index in [0.29, 0.717) is 12.1 Å². The molecule has 2 aromatic rings. The van der Waals surface area contributed by atoms with Crippen molar-refractivity contribution in [2.75, 3.05) is 6.54 Å². The van der Waals surface area contributed by atoms with Gasteiger partial charge in [-0.3, -0.25) is 9.59 Å². The molecule has 1 atom stereocenters. The van der Waals surface area contributed by atoms with Crippen molar-refractivity contribution in [3.63, 3.8) is 0 Å². The molecule has 0 bridgehead atoms. The Kier molecular flexibility index (Phi) is 5.36. The fourth-order valence-corrected chi connectivity index (χ4v) is 2.04. The summed E-state index contributed by atoms with van der Waals surface area (Å²) in [7, 11) is 0. The summed E-state index contributed by atoms with van der Waals surface area (Å²) in [5, 5.41) is 5.46. The number of benzene rings is 1. The number of hydrogen-bond acceptors (Lipinski definition) is 2. The topological polar surface area (TPSA) is 63.1 Å². The van der Waals surface area contributed by atoms with Gasteiger partial charge in [-0.05, 0) is 49.7 Å². The third-order valence-electron chi connectivity index (χ3n) is 3.32. The van der Waals surface area contributed by atoms with E-state index in [0.717, 1.165) is 12.1 Å². The second kappa shape index (κ2) is 7.45. The fourth-order valence-electron chi connectivity index (χ4n) is 2.04. The van der Waals surface area contributed by atoms with Crippen LogP contribution in [0.1, 0.15) is 30.6 Å². The van der Waals surface area contributed by atoms with Crippen molar-refractivity contribution < 1.29 is 9.59 Å². The molecule has 0 aliphatic carbocycles. The molecule has 2 rings (SSSR count). The molecule has 0 saturated heterocycles. The number of nitrogens with zero attached hydrogens (tertiary/aromatic N) is 1. The quantitative estimate of drug-likeness (QED) is 0.858. The summed E-state index contributed by atoms with van der Waals surface area (Å²) < 4.78 is 1.96. The van der Waals surface area contributed by atoms with Crippen LogP contribution in [-0.4, -0.2) is 29.0 Å². The average molecular weight is 299 g/mol. The molecule has 0 aliphatic heterocycles. The Hall–Kier alpha value is -2.56. The molecule has 5 heteroatoms. The van der Waals surface area contributed by atoms with E-state index in [2.05, 4.69) is 10.6 Å². The molecule has 1 aromatic carbocycles. The molecule has 1 heterocycles. The van der Waals surface area contributed by atoms with Gasteiger partial charge in [0.1, 0.15) is 6.04 Å². The molecule has 116 valence electrons. The van der Waals surface area contributed by atoms with Crippen LogP contribution in [0, 0.1) is 0 Å². The van der Waals surface area contributed by atoms with Gasteiger partial charge in [-0.1, -0.05) is 6.92 Å². The molecule has 0 fully saturated rings. The van der Waals surface area contributed by atoms with Crippen LogP contribution in [0.3, 0.4) is 0 Å². The van der Waals surface area contributed by atoms with Gasteiger partial charge in [-0.2, -0.15) is 0 Å². The fraction of sp³-hybridized carbons (Fsp3) is 0.294. The molecular weight excluding hydrogens is 278 g/mol. The van der Waals surface area contributed by atoms with Crippen LogP contribution in [0.15, 0.2) is 48.8 Å². The van der Waals surface area contributed by atoms with E-state index in [4.69, 9.17) is 0 Å². The number of hydrogen-bond donors (Lipinski definition) is 2. The van der Waals surface area contributed by atoms with Crippen molar-refractivity contribution >= 4 is 11.8 Å². The monoisotopic (exact) mass is 299 g/mol. The predicted molar refractivity (Wildman–Crippen MR) is 86.0 cm³/mol. The van der Waals surface area contributed by atoms with E-state index in [-0.39, 0.29) is 11.8 Å². The van der Waals surface area contributed by atoms with Gasteiger partial charge >= 0.3 is 0 Å². The summed E-state index contributed by atoms with van der Waals surface area (Å²) in [6.07, 6.45) is 4.75. The number of carbonyl (C=O) groups excluding carboxylic acids is 2. The lowest BCUT2D eigenvalue weighted by molar-refractivity contribution is -0.122. The first-order valence-electron chi connectivity index (χ1n) is 7.43. The highest BCUT2D eigenvalue weighted by molar-refractivity contribution is 5.97. The lowest BCUT2D eigenvalue weighted by Crippen LogP contribution is -2.44. The summed E-state index contributed by atoms with van der Waals surface area (Å²) in [6, 6.07) is 10.6. The number of aromatic nitrogens is 1. The highest BCUT2D eigenvalue weighted by atomic mass is 16.2. The van der Waals surface area contributed by atoms with Gasteiger partial charge in [0.05, 0.1) is 0 Å². The first kappa shape index (κ1) is 15.8. The van der Waals surface area contributed by atoms with Gasteiger partial charge in [0.2, 0.25) is 5.91 Å². The number of rotatable bonds is 6. The van der Waals surface area contributed by atoms with E-state index in [1.165, 1.54) is 0 Å². The Morgan fingerprint density at radius 3 is 2.36 bits per heavy atom. The van der Waals surface area contributed by atoms with Crippen molar-refractivity contribution in [3.05, 3.63) is 54.4 Å². The first-order valence-corrected chi connectivity index (χ1v) is 7.43. The Morgan fingerprint density at radius 2 is 1.77 bits per heavy atom. The van der Waals surface area contributed by atoms with E-state index in [1.54, 1.807) is 19.1 Å². The molecule has 1 aromatic heterocycles. The summed E-state index contributed by atoms with van der Waals surface area (Å²) in [5.41, 5.74) is 1.52. The Labute approximate surface area is 130 Å². The van der Waals surface area contributed by atoms with E-state index < -0.39 is 6.04 Å². The summed E-state index contributed by atoms with van der Waals surface area (Å²) in [5.74, 6) is -0.419. The van der Waals surface area contributed by atoms with Gasteiger partial charge in [-0.15, -0.1) is 0 Å². The standard InChI is InChI=1S/C17H21N3O2/c1-3-10-18-16(21)13(2)19-17(22)14-6-8-15(9-7-14)20-11-4-5-12-20/h4-9,11-13H,3,10H2,1-2H3,(H,18,21)(H,19,22)/t13-/m0/s1. The van der Waals surface area contributed by atoms with Crippen molar-refractivity contribution in [1.82, 2.24) is 15.2 Å². The van der Waals surface area contributed by atoms with Crippen molar-refractivity contribution in [3.8, 4) is 5.69 Å². The number of nitrogens with one attached hydrogen (secondary N) is 2. The molecule has 2 amide bonds. The largest absolute Gasteiger partial charge is 0.354 e. The molecule has 0 saturated carbocycles. The normalized spacial score (nSPS) is 11.7. The molecule has 2 N–H and O–H groups in total. The zero-order valence-electron chi connectivity index (χ0n) is 12.9. The van der Waals surface area contributed by atoms with E-state index in [1.807, 2.05) is 48.1 Å². The highest BCUT2D eigenvalue weighted by Gasteiger charge is 2.15. The maximum Gasteiger partial charge on any atom is 0.251 e. The van der Waals surface area contributed by atoms with Crippen LogP contribution in [0.4, 0.5) is 0 Å². The highest BCUT2D eigenvalue weighted by Crippen LogP contribution is 2.10. The van der Waals surface area contributed by atoms with E-state index >= 15 is 0 Å². The van der Waals surface area contributed by atoms with Crippen LogP contribution in [0.2, 0.25) is 0 Å². The van der Waals surface area contributed by atoms with Crippen LogP contribution in [-0.2, 0) is 4.79 Å². The number of amides is 2. The third kappa shape index (κ3) is 3.97. The summed E-state index contributed by atoms with van der Waals surface area (Å²) in [6.45, 7) is 4.28. The van der Waals surface area contributed by atoms with Gasteiger partial charge in [0.25, 0.3) is 5.91 Å². The number of carbonyl (C=O) groups is 2. The smallest absolute Gasteiger partial charge is 0.251 e. The van der Waals surface area contributed by atoms with Crippen LogP contribution in [0.5, 0.6) is 0 Å². The molecule has 0 aliphatic rings. The van der Waals surface area contributed by atoms with Crippen molar-refractivity contribution in [1.29, 1.82) is 0 Å². The Morgan fingerprint density at radius 1 is 1.14 bits per heavy atom. The van der Waals surface area contributed by atoms with Gasteiger partial charge in [0, 0.05) is 30.2 Å².